The Labute approximate surface area is 237 Å². The first kappa shape index (κ1) is 27.3. The minimum absolute atomic E-state index is 0.0446. The number of rotatable bonds is 5. The fourth-order valence-corrected chi connectivity index (χ4v) is 6.38. The largest absolute Gasteiger partial charge is 0.384 e. The predicted octanol–water partition coefficient (Wildman–Crippen LogP) is 4.82. The average Bonchev–Trinajstić information content (AvgIpc) is 3.17. The Bertz CT molecular complexity index is 1680. The van der Waals surface area contributed by atoms with Crippen molar-refractivity contribution >= 4 is 81.1 Å². The minimum Gasteiger partial charge on any atom is -0.384 e. The molecule has 2 N–H and O–H groups in total. The summed E-state index contributed by atoms with van der Waals surface area (Å²) in [7, 11) is 0. The first-order valence-electron chi connectivity index (χ1n) is 11.2. The van der Waals surface area contributed by atoms with E-state index in [0.29, 0.717) is 43.9 Å². The number of halogens is 4. The van der Waals surface area contributed by atoms with E-state index in [1.54, 1.807) is 47.4 Å². The number of amides is 1. The van der Waals surface area contributed by atoms with Crippen LogP contribution in [0.3, 0.4) is 0 Å². The van der Waals surface area contributed by atoms with Crippen molar-refractivity contribution in [1.82, 2.24) is 9.47 Å². The van der Waals surface area contributed by atoms with E-state index in [4.69, 9.17) is 52.1 Å². The van der Waals surface area contributed by atoms with Gasteiger partial charge in [-0.1, -0.05) is 58.5 Å². The monoisotopic (exact) mass is 592 g/mol. The third kappa shape index (κ3) is 4.93. The average molecular weight is 594 g/mol. The second-order valence-corrected chi connectivity index (χ2v) is 10.8. The van der Waals surface area contributed by atoms with Gasteiger partial charge in [0.25, 0.3) is 11.5 Å². The second kappa shape index (κ2) is 10.9. The highest BCUT2D eigenvalue weighted by Crippen LogP contribution is 2.40. The van der Waals surface area contributed by atoms with E-state index >= 15 is 0 Å². The van der Waals surface area contributed by atoms with Crippen molar-refractivity contribution in [2.75, 3.05) is 13.1 Å². The number of nitriles is 1. The molecule has 2 heterocycles. The molecule has 0 saturated carbocycles. The zero-order valence-electron chi connectivity index (χ0n) is 19.7. The van der Waals surface area contributed by atoms with Crippen molar-refractivity contribution in [3.05, 3.63) is 92.7 Å². The van der Waals surface area contributed by atoms with E-state index in [1.807, 2.05) is 13.8 Å². The summed E-state index contributed by atoms with van der Waals surface area (Å²) in [6.07, 6.45) is 1.61. The summed E-state index contributed by atoms with van der Waals surface area (Å²) >= 11 is 26.1. The van der Waals surface area contributed by atoms with E-state index in [-0.39, 0.29) is 32.4 Å². The van der Waals surface area contributed by atoms with Crippen molar-refractivity contribution in [2.45, 2.75) is 19.8 Å². The maximum atomic E-state index is 13.9. The van der Waals surface area contributed by atoms with Crippen LogP contribution in [0.4, 0.5) is 0 Å². The van der Waals surface area contributed by atoms with Gasteiger partial charge < -0.3 is 10.6 Å². The quantitative estimate of drug-likeness (QED) is 0.459. The molecule has 2 aromatic carbocycles. The van der Waals surface area contributed by atoms with Gasteiger partial charge in [0.1, 0.15) is 10.5 Å². The number of benzene rings is 2. The fourth-order valence-electron chi connectivity index (χ4n) is 4.24. The molecule has 0 spiro atoms. The molecular formula is C26H20Cl4N4O2S. The van der Waals surface area contributed by atoms with Crippen LogP contribution >= 0.6 is 57.7 Å². The van der Waals surface area contributed by atoms with E-state index in [9.17, 15) is 14.9 Å². The van der Waals surface area contributed by atoms with Crippen LogP contribution in [-0.2, 0) is 4.79 Å². The number of nitrogens with two attached hydrogens (primary N) is 1. The maximum Gasteiger partial charge on any atom is 0.274 e. The molecule has 6 nitrogen and oxygen atoms in total. The number of fused-ring (bicyclic) bond motifs is 1. The summed E-state index contributed by atoms with van der Waals surface area (Å²) in [5.41, 5.74) is 7.30. The van der Waals surface area contributed by atoms with Gasteiger partial charge in [-0.25, -0.2) is 0 Å². The van der Waals surface area contributed by atoms with Crippen LogP contribution in [-0.4, -0.2) is 28.5 Å². The summed E-state index contributed by atoms with van der Waals surface area (Å²) in [5.74, 6) is -1.28. The summed E-state index contributed by atoms with van der Waals surface area (Å²) in [6.45, 7) is 4.56. The lowest BCUT2D eigenvalue weighted by atomic mass is 9.83. The number of aromatic nitrogens is 1. The van der Waals surface area contributed by atoms with Crippen LogP contribution < -0.4 is 20.5 Å². The molecule has 0 aliphatic carbocycles. The van der Waals surface area contributed by atoms with Crippen LogP contribution in [0.25, 0.3) is 17.5 Å². The lowest BCUT2D eigenvalue weighted by molar-refractivity contribution is -0.125. The predicted molar refractivity (Wildman–Crippen MR) is 151 cm³/mol. The number of hydrogen-bond acceptors (Lipinski definition) is 5. The first-order chi connectivity index (χ1) is 17.6. The van der Waals surface area contributed by atoms with E-state index in [0.717, 1.165) is 11.3 Å². The number of carbonyl (C=O) groups excluding carboxylic acids is 1. The third-order valence-electron chi connectivity index (χ3n) is 6.07. The van der Waals surface area contributed by atoms with Gasteiger partial charge in [0, 0.05) is 33.2 Å². The topological polar surface area (TPSA) is 92.1 Å². The zero-order valence-corrected chi connectivity index (χ0v) is 23.5. The summed E-state index contributed by atoms with van der Waals surface area (Å²) < 4.78 is 1.83. The molecular weight excluding hydrogens is 574 g/mol. The smallest absolute Gasteiger partial charge is 0.274 e. The SMILES string of the molecule is CCN(CC)C(=O)C1=c2s/c(=C/c3ccc(Cl)cc3Cl)c(=O)n2C(N)=C(C#N)C1c1ccc(Cl)cc1Cl. The zero-order chi connectivity index (χ0) is 27.0. The Kier molecular flexibility index (Phi) is 8.08. The number of hydrogen-bond donors (Lipinski definition) is 1. The molecule has 11 heteroatoms. The van der Waals surface area contributed by atoms with Crippen LogP contribution in [0.2, 0.25) is 20.1 Å². The molecule has 4 rings (SSSR count). The van der Waals surface area contributed by atoms with Crippen molar-refractivity contribution in [1.29, 1.82) is 5.26 Å². The molecule has 3 aromatic rings. The fraction of sp³-hybridized carbons (Fsp3) is 0.192. The first-order valence-corrected chi connectivity index (χ1v) is 13.5. The van der Waals surface area contributed by atoms with Gasteiger partial charge in [-0.15, -0.1) is 11.3 Å². The standard InChI is InChI=1S/C26H20Cl4N4O2S/c1-3-33(4-2)25(36)22-21(16-8-7-15(28)11-19(16)30)17(12-31)23(32)34-24(35)20(37-26(22)34)9-13-5-6-14(27)10-18(13)29/h5-11,21H,3-4,32H2,1-2H3/b20-9+. The number of thiazole rings is 1. The van der Waals surface area contributed by atoms with Gasteiger partial charge in [-0.3, -0.25) is 14.2 Å². The normalized spacial score (nSPS) is 15.5. The number of allylic oxidation sites excluding steroid dienone is 1. The second-order valence-electron chi connectivity index (χ2n) is 8.12. The highest BCUT2D eigenvalue weighted by molar-refractivity contribution is 7.07. The Morgan fingerprint density at radius 2 is 1.73 bits per heavy atom. The molecule has 1 aliphatic rings. The molecule has 1 aromatic heterocycles. The van der Waals surface area contributed by atoms with Gasteiger partial charge >= 0.3 is 0 Å². The molecule has 0 saturated heterocycles. The summed E-state index contributed by atoms with van der Waals surface area (Å²) in [6, 6.07) is 11.9. The van der Waals surface area contributed by atoms with Crippen LogP contribution in [0.15, 0.2) is 46.8 Å². The van der Waals surface area contributed by atoms with Crippen molar-refractivity contribution < 1.29 is 4.79 Å². The van der Waals surface area contributed by atoms with E-state index < -0.39 is 11.5 Å². The van der Waals surface area contributed by atoms with Crippen LogP contribution in [0, 0.1) is 11.3 Å². The minimum atomic E-state index is -0.895. The van der Waals surface area contributed by atoms with Gasteiger partial charge in [0.15, 0.2) is 0 Å². The number of nitrogens with zero attached hydrogens (tertiary/aromatic N) is 3. The molecule has 0 radical (unpaired) electrons. The molecule has 37 heavy (non-hydrogen) atoms. The summed E-state index contributed by atoms with van der Waals surface area (Å²) in [5, 5.41) is 11.7. The van der Waals surface area contributed by atoms with E-state index in [2.05, 4.69) is 6.07 Å². The van der Waals surface area contributed by atoms with E-state index in [1.165, 1.54) is 4.57 Å². The van der Waals surface area contributed by atoms with Gasteiger partial charge in [-0.05, 0) is 55.3 Å². The maximum absolute atomic E-state index is 13.9. The van der Waals surface area contributed by atoms with Gasteiger partial charge in [0.05, 0.1) is 27.7 Å². The lowest BCUT2D eigenvalue weighted by Crippen LogP contribution is -2.43. The molecule has 1 unspecified atom stereocenters. The lowest BCUT2D eigenvalue weighted by Gasteiger charge is -2.29. The van der Waals surface area contributed by atoms with Gasteiger partial charge in [-0.2, -0.15) is 5.26 Å². The van der Waals surface area contributed by atoms with Crippen molar-refractivity contribution in [3.8, 4) is 6.07 Å². The molecule has 1 aliphatic heterocycles. The highest BCUT2D eigenvalue weighted by atomic mass is 35.5. The Morgan fingerprint density at radius 1 is 1.11 bits per heavy atom. The highest BCUT2D eigenvalue weighted by Gasteiger charge is 2.37. The Balaban J connectivity index is 2.15. The summed E-state index contributed by atoms with van der Waals surface area (Å²) in [4.78, 5) is 29.1. The molecule has 0 bridgehead atoms. The van der Waals surface area contributed by atoms with Crippen LogP contribution in [0.1, 0.15) is 30.9 Å². The Morgan fingerprint density at radius 3 is 2.30 bits per heavy atom. The molecule has 190 valence electrons. The van der Waals surface area contributed by atoms with Crippen molar-refractivity contribution in [3.63, 3.8) is 0 Å². The Hall–Kier alpha value is -2.73. The molecule has 0 fully saturated rings. The molecule has 1 amide bonds. The number of carbonyl (C=O) groups is 1. The third-order valence-corrected chi connectivity index (χ3v) is 8.31. The van der Waals surface area contributed by atoms with Crippen LogP contribution in [0.5, 0.6) is 0 Å². The van der Waals surface area contributed by atoms with Crippen molar-refractivity contribution in [2.24, 2.45) is 5.73 Å². The molecule has 1 atom stereocenters. The van der Waals surface area contributed by atoms with Gasteiger partial charge in [0.2, 0.25) is 0 Å².